The highest BCUT2D eigenvalue weighted by atomic mass is 35.5. The molecule has 0 saturated heterocycles. The van der Waals surface area contributed by atoms with Gasteiger partial charge in [-0.25, -0.2) is 4.39 Å². The number of benzene rings is 2. The first-order valence-corrected chi connectivity index (χ1v) is 6.70. The standard InChI is InChI=1S/C15H14Cl2FN/c1-9-5-12(18)8-13(6-9)19-10(2)11-3-4-14(16)15(17)7-11/h3-8,10,19H,1-2H3. The Kier molecular flexibility index (Phi) is 4.33. The molecule has 1 nitrogen and oxygen atoms in total. The number of nitrogens with one attached hydrogen (secondary N) is 1. The molecule has 0 fully saturated rings. The summed E-state index contributed by atoms with van der Waals surface area (Å²) in [6, 6.07) is 10.4. The summed E-state index contributed by atoms with van der Waals surface area (Å²) < 4.78 is 13.3. The van der Waals surface area contributed by atoms with Gasteiger partial charge in [-0.2, -0.15) is 0 Å². The molecule has 0 aliphatic heterocycles. The quantitative estimate of drug-likeness (QED) is 0.776. The van der Waals surface area contributed by atoms with E-state index in [4.69, 9.17) is 23.2 Å². The summed E-state index contributed by atoms with van der Waals surface area (Å²) in [6.07, 6.45) is 0. The molecule has 0 bridgehead atoms. The number of rotatable bonds is 3. The predicted octanol–water partition coefficient (Wildman–Crippen LogP) is 5.61. The zero-order valence-electron chi connectivity index (χ0n) is 10.7. The highest BCUT2D eigenvalue weighted by Crippen LogP contribution is 2.27. The maximum absolute atomic E-state index is 13.3. The summed E-state index contributed by atoms with van der Waals surface area (Å²) in [6.45, 7) is 3.85. The lowest BCUT2D eigenvalue weighted by Crippen LogP contribution is -2.07. The summed E-state index contributed by atoms with van der Waals surface area (Å²) in [4.78, 5) is 0. The van der Waals surface area contributed by atoms with Crippen LogP contribution in [0.1, 0.15) is 24.1 Å². The second kappa shape index (κ2) is 5.81. The Morgan fingerprint density at radius 2 is 1.79 bits per heavy atom. The Balaban J connectivity index is 2.20. The molecule has 2 aromatic rings. The van der Waals surface area contributed by atoms with E-state index < -0.39 is 0 Å². The molecule has 0 aromatic heterocycles. The zero-order chi connectivity index (χ0) is 14.0. The van der Waals surface area contributed by atoms with Crippen LogP contribution < -0.4 is 5.32 Å². The van der Waals surface area contributed by atoms with Gasteiger partial charge in [-0.05, 0) is 55.3 Å². The topological polar surface area (TPSA) is 12.0 Å². The van der Waals surface area contributed by atoms with E-state index in [0.29, 0.717) is 10.0 Å². The van der Waals surface area contributed by atoms with E-state index in [1.807, 2.05) is 32.0 Å². The lowest BCUT2D eigenvalue weighted by Gasteiger charge is -2.17. The molecule has 1 N–H and O–H groups in total. The molecule has 19 heavy (non-hydrogen) atoms. The average molecular weight is 298 g/mol. The van der Waals surface area contributed by atoms with Crippen LogP contribution in [0.2, 0.25) is 10.0 Å². The minimum atomic E-state index is -0.246. The van der Waals surface area contributed by atoms with Gasteiger partial charge in [-0.1, -0.05) is 29.3 Å². The molecule has 1 atom stereocenters. The maximum atomic E-state index is 13.3. The van der Waals surface area contributed by atoms with Gasteiger partial charge in [0.15, 0.2) is 0 Å². The highest BCUT2D eigenvalue weighted by molar-refractivity contribution is 6.42. The van der Waals surface area contributed by atoms with Crippen LogP contribution in [-0.2, 0) is 0 Å². The third kappa shape index (κ3) is 3.62. The normalized spacial score (nSPS) is 12.3. The van der Waals surface area contributed by atoms with E-state index in [9.17, 15) is 4.39 Å². The van der Waals surface area contributed by atoms with Crippen molar-refractivity contribution in [1.82, 2.24) is 0 Å². The van der Waals surface area contributed by atoms with Gasteiger partial charge in [0.05, 0.1) is 10.0 Å². The molecule has 0 aliphatic carbocycles. The van der Waals surface area contributed by atoms with Gasteiger partial charge < -0.3 is 5.32 Å². The molecule has 0 spiro atoms. The monoisotopic (exact) mass is 297 g/mol. The average Bonchev–Trinajstić information content (AvgIpc) is 2.31. The molecule has 0 radical (unpaired) electrons. The van der Waals surface area contributed by atoms with Crippen molar-refractivity contribution >= 4 is 28.9 Å². The molecule has 2 aromatic carbocycles. The van der Waals surface area contributed by atoms with Crippen molar-refractivity contribution in [3.05, 3.63) is 63.4 Å². The van der Waals surface area contributed by atoms with Gasteiger partial charge in [0.2, 0.25) is 0 Å². The van der Waals surface area contributed by atoms with E-state index in [1.165, 1.54) is 12.1 Å². The van der Waals surface area contributed by atoms with Crippen molar-refractivity contribution in [2.75, 3.05) is 5.32 Å². The lowest BCUT2D eigenvalue weighted by atomic mass is 10.1. The summed E-state index contributed by atoms with van der Waals surface area (Å²) in [7, 11) is 0. The summed E-state index contributed by atoms with van der Waals surface area (Å²) in [5.74, 6) is -0.246. The Morgan fingerprint density at radius 3 is 2.42 bits per heavy atom. The minimum Gasteiger partial charge on any atom is -0.378 e. The van der Waals surface area contributed by atoms with E-state index in [0.717, 1.165) is 16.8 Å². The van der Waals surface area contributed by atoms with Gasteiger partial charge in [0.25, 0.3) is 0 Å². The summed E-state index contributed by atoms with van der Waals surface area (Å²) in [5, 5.41) is 4.29. The van der Waals surface area contributed by atoms with Gasteiger partial charge in [0.1, 0.15) is 5.82 Å². The number of halogens is 3. The second-order valence-corrected chi connectivity index (χ2v) is 5.37. The molecule has 0 heterocycles. The molecule has 4 heteroatoms. The van der Waals surface area contributed by atoms with E-state index in [-0.39, 0.29) is 11.9 Å². The third-order valence-corrected chi connectivity index (χ3v) is 3.61. The minimum absolute atomic E-state index is 0.0102. The largest absolute Gasteiger partial charge is 0.378 e. The van der Waals surface area contributed by atoms with Crippen molar-refractivity contribution in [3.63, 3.8) is 0 Å². The van der Waals surface area contributed by atoms with Crippen LogP contribution in [-0.4, -0.2) is 0 Å². The number of hydrogen-bond donors (Lipinski definition) is 1. The fraction of sp³-hybridized carbons (Fsp3) is 0.200. The van der Waals surface area contributed by atoms with Gasteiger partial charge in [0, 0.05) is 11.7 Å². The summed E-state index contributed by atoms with van der Waals surface area (Å²) in [5.41, 5.74) is 2.62. The lowest BCUT2D eigenvalue weighted by molar-refractivity contribution is 0.626. The van der Waals surface area contributed by atoms with Gasteiger partial charge >= 0.3 is 0 Å². The van der Waals surface area contributed by atoms with Crippen molar-refractivity contribution in [2.45, 2.75) is 19.9 Å². The molecule has 100 valence electrons. The van der Waals surface area contributed by atoms with Gasteiger partial charge in [-0.15, -0.1) is 0 Å². The van der Waals surface area contributed by atoms with Crippen LogP contribution in [0.5, 0.6) is 0 Å². The Bertz CT molecular complexity index is 578. The molecule has 0 aliphatic rings. The maximum Gasteiger partial charge on any atom is 0.125 e. The highest BCUT2D eigenvalue weighted by Gasteiger charge is 2.08. The molecular weight excluding hydrogens is 284 g/mol. The predicted molar refractivity (Wildman–Crippen MR) is 79.6 cm³/mol. The Labute approximate surface area is 122 Å². The van der Waals surface area contributed by atoms with Crippen molar-refractivity contribution < 1.29 is 4.39 Å². The Morgan fingerprint density at radius 1 is 1.05 bits per heavy atom. The van der Waals surface area contributed by atoms with E-state index in [2.05, 4.69) is 5.32 Å². The number of aryl methyl sites for hydroxylation is 1. The second-order valence-electron chi connectivity index (χ2n) is 4.56. The van der Waals surface area contributed by atoms with Crippen LogP contribution in [0.15, 0.2) is 36.4 Å². The van der Waals surface area contributed by atoms with Gasteiger partial charge in [-0.3, -0.25) is 0 Å². The van der Waals surface area contributed by atoms with E-state index >= 15 is 0 Å². The molecule has 2 rings (SSSR count). The van der Waals surface area contributed by atoms with Crippen LogP contribution in [0.25, 0.3) is 0 Å². The fourth-order valence-corrected chi connectivity index (χ4v) is 2.24. The summed E-state index contributed by atoms with van der Waals surface area (Å²) >= 11 is 11.9. The SMILES string of the molecule is Cc1cc(F)cc(NC(C)c2ccc(Cl)c(Cl)c2)c1. The first-order valence-electron chi connectivity index (χ1n) is 5.94. The van der Waals surface area contributed by atoms with Crippen LogP contribution in [0, 0.1) is 12.7 Å². The van der Waals surface area contributed by atoms with Crippen LogP contribution in [0.4, 0.5) is 10.1 Å². The van der Waals surface area contributed by atoms with Crippen molar-refractivity contribution in [2.24, 2.45) is 0 Å². The molecular formula is C15H14Cl2FN. The van der Waals surface area contributed by atoms with Crippen molar-refractivity contribution in [3.8, 4) is 0 Å². The van der Waals surface area contributed by atoms with E-state index in [1.54, 1.807) is 6.07 Å². The zero-order valence-corrected chi connectivity index (χ0v) is 12.2. The van der Waals surface area contributed by atoms with Crippen molar-refractivity contribution in [1.29, 1.82) is 0 Å². The third-order valence-electron chi connectivity index (χ3n) is 2.87. The fourth-order valence-electron chi connectivity index (χ4n) is 1.93. The molecule has 0 saturated carbocycles. The molecule has 0 amide bonds. The van der Waals surface area contributed by atoms with Crippen LogP contribution in [0.3, 0.4) is 0 Å². The Hall–Kier alpha value is -1.25. The smallest absolute Gasteiger partial charge is 0.125 e. The first kappa shape index (κ1) is 14.2. The first-order chi connectivity index (χ1) is 8.95. The number of hydrogen-bond acceptors (Lipinski definition) is 1. The molecule has 1 unspecified atom stereocenters. The van der Waals surface area contributed by atoms with Crippen LogP contribution >= 0.6 is 23.2 Å². The number of anilines is 1.